The van der Waals surface area contributed by atoms with Crippen molar-refractivity contribution in [2.75, 3.05) is 18.4 Å². The van der Waals surface area contributed by atoms with E-state index < -0.39 is 0 Å². The molecule has 2 aliphatic rings. The van der Waals surface area contributed by atoms with Gasteiger partial charge < -0.3 is 10.2 Å². The zero-order chi connectivity index (χ0) is 20.7. The third-order valence-electron chi connectivity index (χ3n) is 5.87. The molecule has 1 aliphatic carbocycles. The Balaban J connectivity index is 1.32. The summed E-state index contributed by atoms with van der Waals surface area (Å²) in [7, 11) is 0. The fourth-order valence-corrected chi connectivity index (χ4v) is 5.05. The first-order chi connectivity index (χ1) is 14.6. The molecule has 0 spiro atoms. The highest BCUT2D eigenvalue weighted by molar-refractivity contribution is 7.15. The lowest BCUT2D eigenvalue weighted by Gasteiger charge is -2.17. The van der Waals surface area contributed by atoms with Crippen molar-refractivity contribution in [3.05, 3.63) is 45.6 Å². The number of aromatic amines is 1. The predicted octanol–water partition coefficient (Wildman–Crippen LogP) is 3.53. The van der Waals surface area contributed by atoms with E-state index in [1.54, 1.807) is 11.3 Å². The monoisotopic (exact) mass is 423 g/mol. The highest BCUT2D eigenvalue weighted by Crippen LogP contribution is 2.30. The number of hydrogen-bond donors (Lipinski definition) is 2. The molecular weight excluding hydrogens is 398 g/mol. The summed E-state index contributed by atoms with van der Waals surface area (Å²) in [5, 5.41) is 11.5. The van der Waals surface area contributed by atoms with Gasteiger partial charge in [-0.25, -0.2) is 15.0 Å². The van der Waals surface area contributed by atoms with Gasteiger partial charge in [-0.2, -0.15) is 5.10 Å². The van der Waals surface area contributed by atoms with Crippen LogP contribution in [0.25, 0.3) is 0 Å². The minimum Gasteiger partial charge on any atom is -0.337 e. The molecule has 1 atom stereocenters. The maximum atomic E-state index is 13.1. The van der Waals surface area contributed by atoms with Crippen LogP contribution in [0.15, 0.2) is 12.3 Å². The van der Waals surface area contributed by atoms with Gasteiger partial charge in [-0.3, -0.25) is 9.89 Å². The van der Waals surface area contributed by atoms with Crippen LogP contribution in [-0.4, -0.2) is 49.0 Å². The third-order valence-corrected chi connectivity index (χ3v) is 6.69. The van der Waals surface area contributed by atoms with Crippen molar-refractivity contribution in [3.63, 3.8) is 0 Å². The highest BCUT2D eigenvalue weighted by atomic mass is 32.1. The van der Waals surface area contributed by atoms with E-state index in [9.17, 15) is 4.79 Å². The Morgan fingerprint density at radius 3 is 2.97 bits per heavy atom. The topological polar surface area (TPSA) is 99.7 Å². The lowest BCUT2D eigenvalue weighted by Crippen LogP contribution is -2.30. The molecule has 30 heavy (non-hydrogen) atoms. The maximum Gasteiger partial charge on any atom is 0.274 e. The molecule has 0 saturated carbocycles. The molecule has 5 rings (SSSR count). The minimum atomic E-state index is 0.0410. The predicted molar refractivity (Wildman–Crippen MR) is 115 cm³/mol. The third kappa shape index (κ3) is 3.69. The van der Waals surface area contributed by atoms with E-state index in [2.05, 4.69) is 30.5 Å². The number of amides is 1. The Morgan fingerprint density at radius 2 is 2.13 bits per heavy atom. The molecule has 8 nitrogen and oxygen atoms in total. The number of fused-ring (bicyclic) bond motifs is 1. The first kappa shape index (κ1) is 19.2. The molecule has 0 unspecified atom stereocenters. The standard InChI is InChI=1S/C21H25N7OS/c1-12-10-22-21(30-12)25-18-9-17(23-13(2)24-18)14-7-8-28(11-14)20(29)19-15-5-3-4-6-16(15)26-27-19/h9-10,14H,3-8,11H2,1-2H3,(H,26,27)(H,22,23,24,25)/t14-/m1/s1. The molecule has 2 N–H and O–H groups in total. The van der Waals surface area contributed by atoms with Gasteiger partial charge in [0.15, 0.2) is 10.8 Å². The van der Waals surface area contributed by atoms with Crippen LogP contribution in [0.3, 0.4) is 0 Å². The number of rotatable bonds is 4. The van der Waals surface area contributed by atoms with Gasteiger partial charge in [0.2, 0.25) is 0 Å². The molecule has 1 amide bonds. The van der Waals surface area contributed by atoms with Gasteiger partial charge in [0.05, 0.1) is 5.69 Å². The minimum absolute atomic E-state index is 0.0410. The van der Waals surface area contributed by atoms with E-state index in [4.69, 9.17) is 0 Å². The number of thiazole rings is 1. The Kier molecular flexibility index (Phi) is 4.98. The molecule has 4 heterocycles. The molecule has 1 fully saturated rings. The lowest BCUT2D eigenvalue weighted by atomic mass is 9.95. The van der Waals surface area contributed by atoms with E-state index in [1.807, 2.05) is 31.0 Å². The van der Waals surface area contributed by atoms with Crippen LogP contribution in [0.5, 0.6) is 0 Å². The summed E-state index contributed by atoms with van der Waals surface area (Å²) in [5.41, 5.74) is 3.85. The summed E-state index contributed by atoms with van der Waals surface area (Å²) in [6.07, 6.45) is 6.97. The number of carbonyl (C=O) groups excluding carboxylic acids is 1. The summed E-state index contributed by atoms with van der Waals surface area (Å²) < 4.78 is 0. The molecule has 0 radical (unpaired) electrons. The zero-order valence-corrected chi connectivity index (χ0v) is 18.1. The van der Waals surface area contributed by atoms with Gasteiger partial charge in [0.1, 0.15) is 11.6 Å². The Bertz CT molecular complexity index is 1090. The summed E-state index contributed by atoms with van der Waals surface area (Å²) >= 11 is 1.60. The summed E-state index contributed by atoms with van der Waals surface area (Å²) in [6, 6.07) is 1.98. The van der Waals surface area contributed by atoms with Crippen molar-refractivity contribution in [1.29, 1.82) is 0 Å². The molecule has 0 bridgehead atoms. The number of likely N-dealkylation sites (tertiary alicyclic amines) is 1. The molecule has 0 aromatic carbocycles. The van der Waals surface area contributed by atoms with Crippen molar-refractivity contribution in [3.8, 4) is 0 Å². The summed E-state index contributed by atoms with van der Waals surface area (Å²) in [6.45, 7) is 5.31. The van der Waals surface area contributed by atoms with Gasteiger partial charge in [0, 0.05) is 47.4 Å². The van der Waals surface area contributed by atoms with Crippen molar-refractivity contribution in [2.45, 2.75) is 51.9 Å². The van der Waals surface area contributed by atoms with Crippen LogP contribution in [0.1, 0.15) is 63.3 Å². The molecule has 3 aromatic heterocycles. The Morgan fingerprint density at radius 1 is 1.27 bits per heavy atom. The molecular formula is C21H25N7OS. The van der Waals surface area contributed by atoms with Crippen molar-refractivity contribution in [1.82, 2.24) is 30.0 Å². The largest absolute Gasteiger partial charge is 0.337 e. The van der Waals surface area contributed by atoms with Crippen LogP contribution in [0, 0.1) is 13.8 Å². The van der Waals surface area contributed by atoms with Gasteiger partial charge >= 0.3 is 0 Å². The first-order valence-electron chi connectivity index (χ1n) is 10.5. The molecule has 1 saturated heterocycles. The number of hydrogen-bond acceptors (Lipinski definition) is 7. The van der Waals surface area contributed by atoms with Crippen LogP contribution < -0.4 is 5.32 Å². The Labute approximate surface area is 179 Å². The fraction of sp³-hybridized carbons (Fsp3) is 0.476. The van der Waals surface area contributed by atoms with Crippen molar-refractivity contribution >= 4 is 28.2 Å². The van der Waals surface area contributed by atoms with Gasteiger partial charge in [0.25, 0.3) is 5.91 Å². The smallest absolute Gasteiger partial charge is 0.274 e. The van der Waals surface area contributed by atoms with E-state index in [1.165, 1.54) is 6.42 Å². The zero-order valence-electron chi connectivity index (χ0n) is 17.2. The average molecular weight is 424 g/mol. The lowest BCUT2D eigenvalue weighted by molar-refractivity contribution is 0.0783. The van der Waals surface area contributed by atoms with Crippen LogP contribution in [0.4, 0.5) is 10.9 Å². The second-order valence-electron chi connectivity index (χ2n) is 8.10. The van der Waals surface area contributed by atoms with Gasteiger partial charge in [-0.15, -0.1) is 11.3 Å². The molecule has 3 aromatic rings. The van der Waals surface area contributed by atoms with Gasteiger partial charge in [-0.1, -0.05) is 0 Å². The van der Waals surface area contributed by atoms with Crippen molar-refractivity contribution < 1.29 is 4.79 Å². The van der Waals surface area contributed by atoms with Crippen molar-refractivity contribution in [2.24, 2.45) is 0 Å². The number of nitrogens with one attached hydrogen (secondary N) is 2. The highest BCUT2D eigenvalue weighted by Gasteiger charge is 2.32. The van der Waals surface area contributed by atoms with E-state index in [0.717, 1.165) is 70.8 Å². The number of aryl methyl sites for hydroxylation is 3. The second-order valence-corrected chi connectivity index (χ2v) is 9.33. The van der Waals surface area contributed by atoms with E-state index >= 15 is 0 Å². The SMILES string of the molecule is Cc1nc(Nc2ncc(C)s2)cc([C@@H]2CCN(C(=O)c3n[nH]c4c3CCCC4)C2)n1. The molecule has 9 heteroatoms. The van der Waals surface area contributed by atoms with E-state index in [-0.39, 0.29) is 11.8 Å². The van der Waals surface area contributed by atoms with E-state index in [0.29, 0.717) is 12.2 Å². The summed E-state index contributed by atoms with van der Waals surface area (Å²) in [4.78, 5) is 29.7. The number of aromatic nitrogens is 5. The van der Waals surface area contributed by atoms with Crippen LogP contribution in [-0.2, 0) is 12.8 Å². The van der Waals surface area contributed by atoms with Crippen LogP contribution in [0.2, 0.25) is 0 Å². The fourth-order valence-electron chi connectivity index (χ4n) is 4.38. The Hall–Kier alpha value is -2.81. The molecule has 1 aliphatic heterocycles. The summed E-state index contributed by atoms with van der Waals surface area (Å²) in [5.74, 6) is 1.70. The van der Waals surface area contributed by atoms with Crippen LogP contribution >= 0.6 is 11.3 Å². The van der Waals surface area contributed by atoms with Gasteiger partial charge in [-0.05, 0) is 46.0 Å². The number of anilines is 2. The quantitative estimate of drug-likeness (QED) is 0.666. The first-order valence-corrected chi connectivity index (χ1v) is 11.3. The maximum absolute atomic E-state index is 13.1. The number of carbonyl (C=O) groups is 1. The molecule has 156 valence electrons. The normalized spacial score (nSPS) is 18.5. The average Bonchev–Trinajstić information content (AvgIpc) is 3.46. The number of nitrogens with zero attached hydrogens (tertiary/aromatic N) is 5. The second kappa shape index (κ2) is 7.79. The number of H-pyrrole nitrogens is 1.